The van der Waals surface area contributed by atoms with Crippen LogP contribution in [0.4, 0.5) is 17.6 Å². The minimum Gasteiger partial charge on any atom is -0.434 e. The Labute approximate surface area is 207 Å². The molecule has 1 saturated heterocycles. The molecule has 2 N–H and O–H groups in total. The van der Waals surface area contributed by atoms with Crippen LogP contribution in [-0.2, 0) is 11.4 Å². The first-order valence-corrected chi connectivity index (χ1v) is 11.4. The third-order valence-electron chi connectivity index (χ3n) is 6.42. The van der Waals surface area contributed by atoms with Crippen LogP contribution in [0.15, 0.2) is 36.7 Å². The highest BCUT2D eigenvalue weighted by Gasteiger charge is 2.42. The number of ether oxygens (including phenoxy) is 1. The highest BCUT2D eigenvalue weighted by Crippen LogP contribution is 2.45. The predicted molar refractivity (Wildman–Crippen MR) is 121 cm³/mol. The molecule has 188 valence electrons. The number of rotatable bonds is 6. The predicted octanol–water partition coefficient (Wildman–Crippen LogP) is 5.02. The van der Waals surface area contributed by atoms with Crippen LogP contribution in [0.25, 0.3) is 16.8 Å². The lowest BCUT2D eigenvalue weighted by Gasteiger charge is -2.33. The largest absolute Gasteiger partial charge is 0.434 e. The van der Waals surface area contributed by atoms with Gasteiger partial charge < -0.3 is 19.7 Å². The molecular weight excluding hydrogens is 504 g/mol. The number of imidazole rings is 1. The number of aliphatic hydroxyl groups is 1. The van der Waals surface area contributed by atoms with Crippen molar-refractivity contribution in [2.45, 2.75) is 44.6 Å². The molecule has 2 aromatic heterocycles. The van der Waals surface area contributed by atoms with E-state index in [9.17, 15) is 27.5 Å². The number of halogens is 5. The Bertz CT molecular complexity index is 1360. The van der Waals surface area contributed by atoms with Gasteiger partial charge in [-0.05, 0) is 43.0 Å². The second kappa shape index (κ2) is 9.55. The molecule has 12 heteroatoms. The van der Waals surface area contributed by atoms with Crippen LogP contribution in [0.5, 0.6) is 5.75 Å². The zero-order valence-corrected chi connectivity index (χ0v) is 19.3. The molecular formula is C24H19ClF4N4O3. The normalized spacial score (nSPS) is 19.6. The van der Waals surface area contributed by atoms with Crippen LogP contribution in [0.2, 0.25) is 5.02 Å². The van der Waals surface area contributed by atoms with Gasteiger partial charge in [-0.3, -0.25) is 9.78 Å². The van der Waals surface area contributed by atoms with Crippen molar-refractivity contribution in [3.63, 3.8) is 0 Å². The van der Waals surface area contributed by atoms with Crippen molar-refractivity contribution in [1.82, 2.24) is 19.9 Å². The molecule has 4 heterocycles. The maximum atomic E-state index is 14.9. The Morgan fingerprint density at radius 3 is 2.75 bits per heavy atom. The van der Waals surface area contributed by atoms with Gasteiger partial charge in [-0.2, -0.15) is 8.78 Å². The summed E-state index contributed by atoms with van der Waals surface area (Å²) in [5, 5.41) is 8.99. The van der Waals surface area contributed by atoms with E-state index in [0.29, 0.717) is 24.4 Å². The quantitative estimate of drug-likeness (QED) is 0.444. The number of amides is 1. The van der Waals surface area contributed by atoms with Gasteiger partial charge in [0, 0.05) is 23.9 Å². The summed E-state index contributed by atoms with van der Waals surface area (Å²) in [5.41, 5.74) is 0.397. The fourth-order valence-corrected chi connectivity index (χ4v) is 5.03. The fourth-order valence-electron chi connectivity index (χ4n) is 4.87. The molecule has 1 amide bonds. The van der Waals surface area contributed by atoms with E-state index in [1.54, 1.807) is 4.90 Å². The molecule has 0 bridgehead atoms. The minimum absolute atomic E-state index is 0.100. The number of aromatic amines is 1. The molecule has 0 aliphatic carbocycles. The summed E-state index contributed by atoms with van der Waals surface area (Å²) in [5.74, 6) is -2.01. The van der Waals surface area contributed by atoms with Crippen LogP contribution in [0, 0.1) is 11.6 Å². The number of aliphatic hydroxyl groups excluding tert-OH is 1. The lowest BCUT2D eigenvalue weighted by atomic mass is 9.93. The summed E-state index contributed by atoms with van der Waals surface area (Å²) < 4.78 is 59.8. The summed E-state index contributed by atoms with van der Waals surface area (Å²) in [7, 11) is 0. The van der Waals surface area contributed by atoms with Crippen LogP contribution >= 0.6 is 11.6 Å². The number of hydrogen-bond acceptors (Lipinski definition) is 5. The molecule has 0 unspecified atom stereocenters. The Morgan fingerprint density at radius 1 is 1.19 bits per heavy atom. The smallest absolute Gasteiger partial charge is 0.387 e. The molecule has 0 spiro atoms. The van der Waals surface area contributed by atoms with Gasteiger partial charge in [0.25, 0.3) is 0 Å². The lowest BCUT2D eigenvalue weighted by molar-refractivity contribution is -0.129. The van der Waals surface area contributed by atoms with E-state index < -0.39 is 42.6 Å². The van der Waals surface area contributed by atoms with Crippen molar-refractivity contribution in [3.05, 3.63) is 70.4 Å². The maximum absolute atomic E-state index is 14.9. The third-order valence-corrected chi connectivity index (χ3v) is 6.71. The van der Waals surface area contributed by atoms with Gasteiger partial charge in [0.1, 0.15) is 17.3 Å². The first kappa shape index (κ1) is 24.3. The van der Waals surface area contributed by atoms with Gasteiger partial charge >= 0.3 is 6.61 Å². The first-order valence-electron chi connectivity index (χ1n) is 11.0. The number of nitrogens with one attached hydrogen (secondary N) is 1. The van der Waals surface area contributed by atoms with E-state index in [-0.39, 0.29) is 39.9 Å². The average molecular weight is 523 g/mol. The fraction of sp³-hybridized carbons (Fsp3) is 0.292. The number of hydrogen-bond donors (Lipinski definition) is 2. The summed E-state index contributed by atoms with van der Waals surface area (Å²) >= 11 is 5.88. The number of benzene rings is 1. The van der Waals surface area contributed by atoms with Crippen LogP contribution in [-0.4, -0.2) is 43.5 Å². The van der Waals surface area contributed by atoms with E-state index in [2.05, 4.69) is 19.7 Å². The summed E-state index contributed by atoms with van der Waals surface area (Å²) in [6.45, 7) is -3.73. The minimum atomic E-state index is -3.18. The van der Waals surface area contributed by atoms with Crippen molar-refractivity contribution in [2.75, 3.05) is 0 Å². The number of pyridine rings is 1. The van der Waals surface area contributed by atoms with Gasteiger partial charge in [0.05, 0.1) is 35.1 Å². The van der Waals surface area contributed by atoms with Gasteiger partial charge in [-0.1, -0.05) is 11.6 Å². The van der Waals surface area contributed by atoms with Gasteiger partial charge in [0.15, 0.2) is 11.6 Å². The number of fused-ring (bicyclic) bond motifs is 1. The zero-order chi connectivity index (χ0) is 25.6. The number of carbonyl (C=O) groups is 1. The van der Waals surface area contributed by atoms with Crippen molar-refractivity contribution < 1.29 is 32.2 Å². The third kappa shape index (κ3) is 4.22. The van der Waals surface area contributed by atoms with Crippen molar-refractivity contribution in [2.24, 2.45) is 0 Å². The molecule has 0 saturated carbocycles. The Balaban J connectivity index is 1.45. The monoisotopic (exact) mass is 522 g/mol. The number of aromatic nitrogens is 3. The molecule has 0 radical (unpaired) electrons. The molecule has 2 aliphatic heterocycles. The molecule has 5 rings (SSSR count). The molecule has 1 fully saturated rings. The Hall–Kier alpha value is -3.44. The zero-order valence-electron chi connectivity index (χ0n) is 18.5. The number of alkyl halides is 2. The maximum Gasteiger partial charge on any atom is 0.387 e. The summed E-state index contributed by atoms with van der Waals surface area (Å²) in [4.78, 5) is 25.9. The Kier molecular flexibility index (Phi) is 6.44. The van der Waals surface area contributed by atoms with Gasteiger partial charge in [-0.25, -0.2) is 13.8 Å². The number of H-pyrrole nitrogens is 1. The Morgan fingerprint density at radius 2 is 2.00 bits per heavy atom. The number of carbonyl (C=O) groups excluding carboxylic acids is 1. The second-order valence-electron chi connectivity index (χ2n) is 8.44. The highest BCUT2D eigenvalue weighted by atomic mass is 35.5. The summed E-state index contributed by atoms with van der Waals surface area (Å²) in [6, 6.07) is 2.92. The highest BCUT2D eigenvalue weighted by molar-refractivity contribution is 6.31. The topological polar surface area (TPSA) is 91.3 Å². The lowest BCUT2D eigenvalue weighted by Crippen LogP contribution is -2.39. The van der Waals surface area contributed by atoms with E-state index >= 15 is 0 Å². The van der Waals surface area contributed by atoms with Crippen LogP contribution < -0.4 is 4.74 Å². The van der Waals surface area contributed by atoms with Crippen molar-refractivity contribution in [1.29, 1.82) is 0 Å². The van der Waals surface area contributed by atoms with Gasteiger partial charge in [-0.15, -0.1) is 0 Å². The van der Waals surface area contributed by atoms with E-state index in [0.717, 1.165) is 12.1 Å². The second-order valence-corrected chi connectivity index (χ2v) is 8.85. The molecule has 2 aliphatic rings. The van der Waals surface area contributed by atoms with Crippen molar-refractivity contribution >= 4 is 23.1 Å². The average Bonchev–Trinajstić information content (AvgIpc) is 3.49. The van der Waals surface area contributed by atoms with Crippen LogP contribution in [0.3, 0.4) is 0 Å². The van der Waals surface area contributed by atoms with E-state index in [4.69, 9.17) is 11.6 Å². The standard InChI is InChI=1S/C24H19ClF4N4O3/c25-14-2-4-18(36-24(28)29)20(22(14)27)11-7-12-1-3-17(33(12)19(35)8-11)23-31-9-15(32-23)13-5-6-30-16(10-34)21(13)26/h2,4-6,8-9,12,17,24,34H,1,3,7,10H2,(H,31,32)/t12-,17+/m1/s1. The van der Waals surface area contributed by atoms with Crippen molar-refractivity contribution in [3.8, 4) is 17.0 Å². The number of nitrogens with zero attached hydrogens (tertiary/aromatic N) is 3. The first-order chi connectivity index (χ1) is 17.3. The molecule has 2 atom stereocenters. The van der Waals surface area contributed by atoms with E-state index in [1.807, 2.05) is 0 Å². The molecule has 7 nitrogen and oxygen atoms in total. The van der Waals surface area contributed by atoms with Gasteiger partial charge in [0.2, 0.25) is 5.91 Å². The SMILES string of the molecule is O=C1C=C(c2c(OC(F)F)ccc(Cl)c2F)C[C@H]2CC[C@@H](c3ncc(-c4ccnc(CO)c4F)[nH]3)N12. The van der Waals surface area contributed by atoms with E-state index in [1.165, 1.54) is 24.5 Å². The molecule has 1 aromatic carbocycles. The molecule has 36 heavy (non-hydrogen) atoms. The molecule has 3 aromatic rings. The summed E-state index contributed by atoms with van der Waals surface area (Å²) in [6.07, 6.45) is 5.29. The van der Waals surface area contributed by atoms with Crippen LogP contribution in [0.1, 0.15) is 42.4 Å².